The van der Waals surface area contributed by atoms with Gasteiger partial charge < -0.3 is 13.7 Å². The molecule has 0 bridgehead atoms. The van der Waals surface area contributed by atoms with Crippen LogP contribution in [0.4, 0.5) is 0 Å². The molecule has 7 nitrogen and oxygen atoms in total. The fourth-order valence-corrected chi connectivity index (χ4v) is 5.93. The van der Waals surface area contributed by atoms with Gasteiger partial charge in [-0.2, -0.15) is 8.42 Å². The summed E-state index contributed by atoms with van der Waals surface area (Å²) in [7, 11) is -2.79. The van der Waals surface area contributed by atoms with Crippen molar-refractivity contribution in [1.82, 2.24) is 0 Å². The lowest BCUT2D eigenvalue weighted by Crippen LogP contribution is -2.16. The maximum absolute atomic E-state index is 13.2. The van der Waals surface area contributed by atoms with Crippen molar-refractivity contribution < 1.29 is 31.7 Å². The Hall–Kier alpha value is -3.13. The molecule has 2 aromatic rings. The smallest absolute Gasteiger partial charge is 0.342 e. The summed E-state index contributed by atoms with van der Waals surface area (Å²) in [5.74, 6) is -0.913. The van der Waals surface area contributed by atoms with Crippen molar-refractivity contribution in [2.75, 3.05) is 7.11 Å². The Kier molecular flexibility index (Phi) is 7.03. The normalized spacial score (nSPS) is 18.5. The van der Waals surface area contributed by atoms with Gasteiger partial charge in [-0.3, -0.25) is 4.79 Å². The van der Waals surface area contributed by atoms with E-state index in [0.29, 0.717) is 30.4 Å². The molecular formula is C27H30O7S. The second-order valence-electron chi connectivity index (χ2n) is 9.07. The van der Waals surface area contributed by atoms with E-state index < -0.39 is 16.1 Å². The number of ether oxygens (including phenoxy) is 2. The highest BCUT2D eigenvalue weighted by Crippen LogP contribution is 2.41. The number of fused-ring (bicyclic) bond motifs is 1. The van der Waals surface area contributed by atoms with E-state index in [-0.39, 0.29) is 34.7 Å². The molecule has 35 heavy (non-hydrogen) atoms. The molecule has 1 unspecified atom stereocenters. The summed E-state index contributed by atoms with van der Waals surface area (Å²) in [6.45, 7) is 5.88. The maximum Gasteiger partial charge on any atom is 0.342 e. The fraction of sp³-hybridized carbons (Fsp3) is 0.407. The minimum absolute atomic E-state index is 0.0165. The summed E-state index contributed by atoms with van der Waals surface area (Å²) in [5.41, 5.74) is 5.40. The van der Waals surface area contributed by atoms with Crippen molar-refractivity contribution in [2.24, 2.45) is 5.92 Å². The van der Waals surface area contributed by atoms with Crippen LogP contribution in [0.2, 0.25) is 0 Å². The molecule has 2 aliphatic rings. The summed E-state index contributed by atoms with van der Waals surface area (Å²) in [4.78, 5) is 24.6. The second-order valence-corrected chi connectivity index (χ2v) is 10.6. The van der Waals surface area contributed by atoms with E-state index in [2.05, 4.69) is 0 Å². The van der Waals surface area contributed by atoms with Crippen LogP contribution in [-0.4, -0.2) is 27.5 Å². The quantitative estimate of drug-likeness (QED) is 0.309. The number of hydrogen-bond acceptors (Lipinski definition) is 7. The van der Waals surface area contributed by atoms with Crippen LogP contribution >= 0.6 is 0 Å². The average molecular weight is 499 g/mol. The predicted molar refractivity (Wildman–Crippen MR) is 130 cm³/mol. The number of hydrogen-bond donors (Lipinski definition) is 0. The van der Waals surface area contributed by atoms with Gasteiger partial charge in [-0.25, -0.2) is 4.79 Å². The highest BCUT2D eigenvalue weighted by atomic mass is 32.2. The monoisotopic (exact) mass is 498 g/mol. The SMILES string of the molecule is CCc1c(C)c2c(c(OS(=O)(=O)c3ccc(C)cc3)c1C/C=C1\CCC(C(=O)OC)C1)C(=O)OC2. The second kappa shape index (κ2) is 9.85. The fourth-order valence-electron chi connectivity index (χ4n) is 4.96. The Bertz CT molecular complexity index is 1300. The zero-order chi connectivity index (χ0) is 25.3. The Morgan fingerprint density at radius 2 is 1.89 bits per heavy atom. The third-order valence-electron chi connectivity index (χ3n) is 6.93. The maximum atomic E-state index is 13.2. The molecule has 8 heteroatoms. The van der Waals surface area contributed by atoms with Gasteiger partial charge in [0.25, 0.3) is 0 Å². The van der Waals surface area contributed by atoms with Gasteiger partial charge in [-0.15, -0.1) is 0 Å². The van der Waals surface area contributed by atoms with Crippen molar-refractivity contribution in [3.05, 3.63) is 69.3 Å². The van der Waals surface area contributed by atoms with Gasteiger partial charge in [0.2, 0.25) is 0 Å². The summed E-state index contributed by atoms with van der Waals surface area (Å²) in [5, 5.41) is 0. The summed E-state index contributed by atoms with van der Waals surface area (Å²) < 4.78 is 42.3. The lowest BCUT2D eigenvalue weighted by Gasteiger charge is -2.19. The summed E-state index contributed by atoms with van der Waals surface area (Å²) in [6, 6.07) is 6.38. The predicted octanol–water partition coefficient (Wildman–Crippen LogP) is 4.75. The van der Waals surface area contributed by atoms with Crippen molar-refractivity contribution in [1.29, 1.82) is 0 Å². The molecule has 0 saturated heterocycles. The zero-order valence-electron chi connectivity index (χ0n) is 20.5. The van der Waals surface area contributed by atoms with E-state index in [9.17, 15) is 18.0 Å². The number of benzene rings is 2. The lowest BCUT2D eigenvalue weighted by molar-refractivity contribution is -0.145. The number of allylic oxidation sites excluding steroid dienone is 2. The number of methoxy groups -OCH3 is 1. The van der Waals surface area contributed by atoms with Crippen molar-refractivity contribution in [2.45, 2.75) is 64.4 Å². The first-order valence-corrected chi connectivity index (χ1v) is 13.2. The average Bonchev–Trinajstić information content (AvgIpc) is 3.46. The number of carbonyl (C=O) groups is 2. The molecule has 1 saturated carbocycles. The first kappa shape index (κ1) is 25.0. The summed E-state index contributed by atoms with van der Waals surface area (Å²) in [6.07, 6.45) is 5.14. The first-order chi connectivity index (χ1) is 16.7. The van der Waals surface area contributed by atoms with Gasteiger partial charge in [-0.1, -0.05) is 36.3 Å². The lowest BCUT2D eigenvalue weighted by atomic mass is 9.89. The number of aryl methyl sites for hydroxylation is 1. The molecule has 0 radical (unpaired) electrons. The Labute approximate surface area is 206 Å². The molecule has 4 rings (SSSR count). The molecular weight excluding hydrogens is 468 g/mol. The van der Waals surface area contributed by atoms with Crippen LogP contribution in [0.15, 0.2) is 40.8 Å². The molecule has 0 aromatic heterocycles. The standard InChI is InChI=1S/C27H30O7S/c1-5-21-17(3)23-15-33-27(29)24(23)25(34-35(30,31)20-11-6-16(2)7-12-20)22(21)13-9-18-8-10-19(14-18)26(28)32-4/h6-7,9,11-12,19H,5,8,10,13-15H2,1-4H3/b18-9+. The van der Waals surface area contributed by atoms with Crippen LogP contribution in [0.5, 0.6) is 5.75 Å². The number of carbonyl (C=O) groups excluding carboxylic acids is 2. The molecule has 1 heterocycles. The first-order valence-electron chi connectivity index (χ1n) is 11.8. The van der Waals surface area contributed by atoms with Crippen molar-refractivity contribution in [3.63, 3.8) is 0 Å². The van der Waals surface area contributed by atoms with Crippen LogP contribution < -0.4 is 4.18 Å². The van der Waals surface area contributed by atoms with Gasteiger partial charge >= 0.3 is 22.1 Å². The van der Waals surface area contributed by atoms with Crippen LogP contribution in [0.25, 0.3) is 0 Å². The molecule has 1 aliphatic carbocycles. The number of esters is 2. The van der Waals surface area contributed by atoms with Crippen LogP contribution in [0, 0.1) is 19.8 Å². The van der Waals surface area contributed by atoms with E-state index in [1.165, 1.54) is 19.2 Å². The Morgan fingerprint density at radius 3 is 2.54 bits per heavy atom. The zero-order valence-corrected chi connectivity index (χ0v) is 21.3. The minimum atomic E-state index is -4.19. The van der Waals surface area contributed by atoms with Crippen molar-refractivity contribution in [3.8, 4) is 5.75 Å². The topological polar surface area (TPSA) is 96.0 Å². The molecule has 1 atom stereocenters. The van der Waals surface area contributed by atoms with Crippen LogP contribution in [-0.2, 0) is 43.8 Å². The van der Waals surface area contributed by atoms with Crippen LogP contribution in [0.1, 0.15) is 64.4 Å². The van der Waals surface area contributed by atoms with E-state index in [1.54, 1.807) is 12.1 Å². The molecule has 1 aliphatic heterocycles. The molecule has 1 fully saturated rings. The molecule has 2 aromatic carbocycles. The third kappa shape index (κ3) is 4.85. The van der Waals surface area contributed by atoms with E-state index in [4.69, 9.17) is 13.7 Å². The molecule has 0 N–H and O–H groups in total. The number of rotatable bonds is 7. The Morgan fingerprint density at radius 1 is 1.17 bits per heavy atom. The number of cyclic esters (lactones) is 1. The molecule has 0 spiro atoms. The van der Waals surface area contributed by atoms with E-state index >= 15 is 0 Å². The minimum Gasteiger partial charge on any atom is -0.469 e. The van der Waals surface area contributed by atoms with Gasteiger partial charge in [0.05, 0.1) is 13.0 Å². The van der Waals surface area contributed by atoms with Crippen LogP contribution in [0.3, 0.4) is 0 Å². The largest absolute Gasteiger partial charge is 0.469 e. The molecule has 0 amide bonds. The third-order valence-corrected chi connectivity index (χ3v) is 8.17. The van der Waals surface area contributed by atoms with Gasteiger partial charge in [-0.05, 0) is 69.2 Å². The van der Waals surface area contributed by atoms with Gasteiger partial charge in [0.15, 0.2) is 5.75 Å². The highest BCUT2D eigenvalue weighted by Gasteiger charge is 2.35. The van der Waals surface area contributed by atoms with Gasteiger partial charge in [0.1, 0.15) is 17.1 Å². The highest BCUT2D eigenvalue weighted by molar-refractivity contribution is 7.87. The van der Waals surface area contributed by atoms with E-state index in [1.807, 2.05) is 26.8 Å². The summed E-state index contributed by atoms with van der Waals surface area (Å²) >= 11 is 0. The Balaban J connectivity index is 1.78. The van der Waals surface area contributed by atoms with Gasteiger partial charge in [0, 0.05) is 11.1 Å². The molecule has 186 valence electrons. The van der Waals surface area contributed by atoms with Crippen molar-refractivity contribution >= 4 is 22.1 Å². The van der Waals surface area contributed by atoms with E-state index in [0.717, 1.165) is 35.1 Å².